The van der Waals surface area contributed by atoms with Gasteiger partial charge in [-0.15, -0.1) is 6.58 Å². The van der Waals surface area contributed by atoms with Crippen molar-refractivity contribution in [1.29, 1.82) is 0 Å². The fourth-order valence-corrected chi connectivity index (χ4v) is 4.30. The summed E-state index contributed by atoms with van der Waals surface area (Å²) >= 11 is 0. The van der Waals surface area contributed by atoms with Crippen molar-refractivity contribution < 1.29 is 18.7 Å². The Bertz CT molecular complexity index is 874. The van der Waals surface area contributed by atoms with Crippen molar-refractivity contribution in [1.82, 2.24) is 9.80 Å². The van der Waals surface area contributed by atoms with Crippen molar-refractivity contribution in [2.75, 3.05) is 26.2 Å². The first-order valence-electron chi connectivity index (χ1n) is 11.0. The highest BCUT2D eigenvalue weighted by Gasteiger charge is 2.45. The number of carbonyl (C=O) groups excluding carboxylic acids is 2. The number of hydrogen-bond donors (Lipinski definition) is 0. The van der Waals surface area contributed by atoms with Crippen LogP contribution in [0.5, 0.6) is 0 Å². The van der Waals surface area contributed by atoms with Crippen molar-refractivity contribution in [3.8, 4) is 0 Å². The highest BCUT2D eigenvalue weighted by molar-refractivity contribution is 5.88. The molecule has 0 unspecified atom stereocenters. The van der Waals surface area contributed by atoms with Crippen molar-refractivity contribution in [3.63, 3.8) is 0 Å². The molecule has 2 amide bonds. The number of carbonyl (C=O) groups is 2. The molecular weight excluding hydrogens is 392 g/mol. The third kappa shape index (κ3) is 5.44. The average molecular weight is 423 g/mol. The van der Waals surface area contributed by atoms with Gasteiger partial charge in [0.1, 0.15) is 12.3 Å². The van der Waals surface area contributed by atoms with E-state index in [4.69, 9.17) is 9.15 Å². The number of amides is 2. The largest absolute Gasteiger partial charge is 0.467 e. The maximum Gasteiger partial charge on any atom is 0.242 e. The second-order valence-electron chi connectivity index (χ2n) is 8.36. The van der Waals surface area contributed by atoms with Crippen LogP contribution in [0.25, 0.3) is 0 Å². The molecule has 6 nitrogen and oxygen atoms in total. The van der Waals surface area contributed by atoms with Crippen LogP contribution >= 0.6 is 0 Å². The van der Waals surface area contributed by atoms with Gasteiger partial charge in [-0.05, 0) is 42.9 Å². The number of benzene rings is 1. The predicted molar refractivity (Wildman–Crippen MR) is 117 cm³/mol. The third-order valence-electron chi connectivity index (χ3n) is 6.05. The van der Waals surface area contributed by atoms with Crippen LogP contribution in [0.2, 0.25) is 0 Å². The molecule has 1 saturated carbocycles. The van der Waals surface area contributed by atoms with Gasteiger partial charge < -0.3 is 19.0 Å². The zero-order valence-corrected chi connectivity index (χ0v) is 17.8. The molecule has 1 aliphatic heterocycles. The summed E-state index contributed by atoms with van der Waals surface area (Å²) in [6.45, 7) is 5.79. The highest BCUT2D eigenvalue weighted by atomic mass is 16.5. The van der Waals surface area contributed by atoms with E-state index in [0.717, 1.165) is 31.6 Å². The van der Waals surface area contributed by atoms with E-state index in [-0.39, 0.29) is 36.3 Å². The molecular formula is C25H30N2O4. The predicted octanol–water partition coefficient (Wildman–Crippen LogP) is 3.61. The summed E-state index contributed by atoms with van der Waals surface area (Å²) < 4.78 is 11.2. The van der Waals surface area contributed by atoms with Crippen molar-refractivity contribution in [3.05, 3.63) is 72.7 Å². The van der Waals surface area contributed by atoms with Gasteiger partial charge in [-0.3, -0.25) is 9.59 Å². The Balaban J connectivity index is 1.41. The van der Waals surface area contributed by atoms with Crippen LogP contribution in [-0.2, 0) is 20.9 Å². The molecule has 2 aromatic rings. The molecule has 1 aromatic heterocycles. The minimum atomic E-state index is -0.0981. The molecule has 31 heavy (non-hydrogen) atoms. The van der Waals surface area contributed by atoms with E-state index < -0.39 is 0 Å². The third-order valence-corrected chi connectivity index (χ3v) is 6.05. The molecule has 0 bridgehead atoms. The van der Waals surface area contributed by atoms with E-state index in [9.17, 15) is 9.59 Å². The van der Waals surface area contributed by atoms with Crippen LogP contribution < -0.4 is 0 Å². The molecule has 0 spiro atoms. The van der Waals surface area contributed by atoms with Gasteiger partial charge in [0, 0.05) is 25.6 Å². The fourth-order valence-electron chi connectivity index (χ4n) is 4.30. The first-order valence-corrected chi connectivity index (χ1v) is 11.0. The first-order chi connectivity index (χ1) is 15.2. The number of furan rings is 1. The van der Waals surface area contributed by atoms with Crippen molar-refractivity contribution >= 4 is 11.8 Å². The summed E-state index contributed by atoms with van der Waals surface area (Å²) in [5, 5.41) is 0. The van der Waals surface area contributed by atoms with E-state index in [2.05, 4.69) is 18.7 Å². The zero-order valence-electron chi connectivity index (χ0n) is 17.8. The summed E-state index contributed by atoms with van der Waals surface area (Å²) in [4.78, 5) is 29.8. The van der Waals surface area contributed by atoms with E-state index >= 15 is 0 Å². The van der Waals surface area contributed by atoms with Gasteiger partial charge in [0.25, 0.3) is 0 Å². The standard InChI is InChI=1S/C25H30N2O4/c1-2-12-26(25(29)23-15-22(23)19-8-4-3-5-9-19)18-24(28)27(16-20-10-6-13-30-20)17-21-11-7-14-31-21/h2-6,8-10,13,21-23H,1,7,11-12,14-18H2/t21-,22-,23+/m0/s1. The summed E-state index contributed by atoms with van der Waals surface area (Å²) in [5.41, 5.74) is 1.18. The maximum absolute atomic E-state index is 13.2. The number of ether oxygens (including phenoxy) is 1. The number of hydrogen-bond acceptors (Lipinski definition) is 4. The molecule has 3 atom stereocenters. The quantitative estimate of drug-likeness (QED) is 0.549. The first kappa shape index (κ1) is 21.4. The number of rotatable bonds is 10. The van der Waals surface area contributed by atoms with Gasteiger partial charge in [0.15, 0.2) is 0 Å². The Morgan fingerprint density at radius 3 is 2.65 bits per heavy atom. The van der Waals surface area contributed by atoms with Crippen molar-refractivity contribution in [2.45, 2.75) is 37.8 Å². The van der Waals surface area contributed by atoms with Gasteiger partial charge in [0.05, 0.1) is 18.9 Å². The van der Waals surface area contributed by atoms with E-state index in [1.165, 1.54) is 5.56 Å². The summed E-state index contributed by atoms with van der Waals surface area (Å²) in [6, 6.07) is 13.8. The topological polar surface area (TPSA) is 63.0 Å². The smallest absolute Gasteiger partial charge is 0.242 e. The summed E-state index contributed by atoms with van der Waals surface area (Å²) in [7, 11) is 0. The Kier molecular flexibility index (Phi) is 6.87. The van der Waals surface area contributed by atoms with Gasteiger partial charge in [0.2, 0.25) is 11.8 Å². The minimum Gasteiger partial charge on any atom is -0.467 e. The molecule has 1 aromatic carbocycles. The fraction of sp³-hybridized carbons (Fsp3) is 0.440. The summed E-state index contributed by atoms with van der Waals surface area (Å²) in [6.07, 6.45) is 6.11. The van der Waals surface area contributed by atoms with Crippen LogP contribution in [0.1, 0.15) is 36.5 Å². The summed E-state index contributed by atoms with van der Waals surface area (Å²) in [5.74, 6) is 0.824. The Morgan fingerprint density at radius 1 is 1.13 bits per heavy atom. The molecule has 164 valence electrons. The van der Waals surface area contributed by atoms with E-state index in [1.807, 2.05) is 30.3 Å². The molecule has 2 heterocycles. The lowest BCUT2D eigenvalue weighted by atomic mass is 10.1. The second-order valence-corrected chi connectivity index (χ2v) is 8.36. The SMILES string of the molecule is C=CCN(CC(=O)N(Cc1ccco1)C[C@@H]1CCCO1)C(=O)[C@@H]1C[C@H]1c1ccccc1. The van der Waals surface area contributed by atoms with Crippen molar-refractivity contribution in [2.24, 2.45) is 5.92 Å². The normalized spacial score (nSPS) is 22.1. The zero-order chi connectivity index (χ0) is 21.6. The molecule has 1 saturated heterocycles. The molecule has 1 aliphatic carbocycles. The molecule has 4 rings (SSSR count). The van der Waals surface area contributed by atoms with Gasteiger partial charge >= 0.3 is 0 Å². The molecule has 2 aliphatic rings. The van der Waals surface area contributed by atoms with E-state index in [1.54, 1.807) is 22.1 Å². The highest BCUT2D eigenvalue weighted by Crippen LogP contribution is 2.48. The van der Waals surface area contributed by atoms with Crippen LogP contribution in [0.3, 0.4) is 0 Å². The number of nitrogens with zero attached hydrogens (tertiary/aromatic N) is 2. The lowest BCUT2D eigenvalue weighted by molar-refractivity contribution is -0.142. The van der Waals surface area contributed by atoms with Gasteiger partial charge in [-0.2, -0.15) is 0 Å². The van der Waals surface area contributed by atoms with E-state index in [0.29, 0.717) is 19.6 Å². The second kappa shape index (κ2) is 9.96. The van der Waals surface area contributed by atoms with Crippen LogP contribution in [0, 0.1) is 5.92 Å². The molecule has 6 heteroatoms. The monoisotopic (exact) mass is 422 g/mol. The maximum atomic E-state index is 13.2. The van der Waals surface area contributed by atoms with Crippen LogP contribution in [-0.4, -0.2) is 54.0 Å². The molecule has 0 radical (unpaired) electrons. The lowest BCUT2D eigenvalue weighted by Crippen LogP contribution is -2.45. The molecule has 0 N–H and O–H groups in total. The van der Waals surface area contributed by atoms with Gasteiger partial charge in [-0.25, -0.2) is 0 Å². The van der Waals surface area contributed by atoms with Crippen LogP contribution in [0.15, 0.2) is 65.8 Å². The molecule has 2 fully saturated rings. The Labute approximate surface area is 183 Å². The Hall–Kier alpha value is -2.86. The lowest BCUT2D eigenvalue weighted by Gasteiger charge is -2.28. The van der Waals surface area contributed by atoms with Gasteiger partial charge in [-0.1, -0.05) is 36.4 Å². The average Bonchev–Trinajstić information content (AvgIpc) is 3.12. The minimum absolute atomic E-state index is 0.0252. The van der Waals surface area contributed by atoms with Crippen LogP contribution in [0.4, 0.5) is 0 Å². The Morgan fingerprint density at radius 2 is 1.97 bits per heavy atom.